The quantitative estimate of drug-likeness (QED) is 0.753. The predicted octanol–water partition coefficient (Wildman–Crippen LogP) is 2.49. The molecule has 28 heavy (non-hydrogen) atoms. The van der Waals surface area contributed by atoms with Crippen LogP contribution in [0.15, 0.2) is 24.3 Å². The fourth-order valence-electron chi connectivity index (χ4n) is 4.45. The fraction of sp³-hybridized carbons (Fsp3) is 0.636. The number of benzene rings is 1. The molecular formula is C22H33N3O3. The van der Waals surface area contributed by atoms with Crippen molar-refractivity contribution >= 4 is 11.8 Å². The number of ether oxygens (including phenoxy) is 1. The van der Waals surface area contributed by atoms with Crippen molar-refractivity contribution in [1.29, 1.82) is 0 Å². The molecule has 0 spiro atoms. The molecule has 2 aliphatic rings. The van der Waals surface area contributed by atoms with Crippen LogP contribution >= 0.6 is 0 Å². The van der Waals surface area contributed by atoms with Gasteiger partial charge in [-0.25, -0.2) is 0 Å². The number of carbonyl (C=O) groups is 2. The maximum absolute atomic E-state index is 13.1. The lowest BCUT2D eigenvalue weighted by molar-refractivity contribution is -0.138. The third kappa shape index (κ3) is 4.49. The van der Waals surface area contributed by atoms with Gasteiger partial charge in [0.15, 0.2) is 0 Å². The Morgan fingerprint density at radius 3 is 2.46 bits per heavy atom. The van der Waals surface area contributed by atoms with Crippen LogP contribution in [0.4, 0.5) is 0 Å². The van der Waals surface area contributed by atoms with E-state index >= 15 is 0 Å². The second kappa shape index (κ2) is 9.41. The van der Waals surface area contributed by atoms with E-state index in [0.29, 0.717) is 30.3 Å². The molecule has 1 atom stereocenters. The van der Waals surface area contributed by atoms with Gasteiger partial charge < -0.3 is 14.5 Å². The van der Waals surface area contributed by atoms with Crippen LogP contribution in [0.3, 0.4) is 0 Å². The molecule has 0 unspecified atom stereocenters. The van der Waals surface area contributed by atoms with Crippen LogP contribution in [0.2, 0.25) is 0 Å². The van der Waals surface area contributed by atoms with E-state index in [1.165, 1.54) is 12.8 Å². The van der Waals surface area contributed by atoms with Crippen LogP contribution in [0, 0.1) is 5.92 Å². The van der Waals surface area contributed by atoms with Crippen LogP contribution in [-0.2, 0) is 4.79 Å². The summed E-state index contributed by atoms with van der Waals surface area (Å²) < 4.78 is 5.24. The Morgan fingerprint density at radius 1 is 1.18 bits per heavy atom. The van der Waals surface area contributed by atoms with E-state index in [-0.39, 0.29) is 17.9 Å². The number of hydrogen-bond donors (Lipinski definition) is 0. The first-order valence-electron chi connectivity index (χ1n) is 10.5. The van der Waals surface area contributed by atoms with Crippen molar-refractivity contribution in [3.63, 3.8) is 0 Å². The highest BCUT2D eigenvalue weighted by atomic mass is 16.5. The van der Waals surface area contributed by atoms with E-state index in [0.717, 1.165) is 32.5 Å². The Kier molecular flexibility index (Phi) is 6.94. The van der Waals surface area contributed by atoms with Crippen LogP contribution in [-0.4, -0.2) is 79.4 Å². The summed E-state index contributed by atoms with van der Waals surface area (Å²) in [6.07, 6.45) is 4.71. The van der Waals surface area contributed by atoms with Crippen LogP contribution in [0.5, 0.6) is 5.75 Å². The number of carbonyl (C=O) groups excluding carboxylic acids is 2. The molecule has 6 nitrogen and oxygen atoms in total. The Morgan fingerprint density at radius 2 is 1.86 bits per heavy atom. The lowest BCUT2D eigenvalue weighted by Gasteiger charge is -2.42. The minimum atomic E-state index is -0.0403. The molecule has 1 aliphatic carbocycles. The number of rotatable bonds is 6. The highest BCUT2D eigenvalue weighted by molar-refractivity contribution is 5.94. The monoisotopic (exact) mass is 387 g/mol. The van der Waals surface area contributed by atoms with Gasteiger partial charge in [-0.2, -0.15) is 0 Å². The van der Waals surface area contributed by atoms with Crippen molar-refractivity contribution in [2.45, 2.75) is 38.6 Å². The van der Waals surface area contributed by atoms with Crippen LogP contribution in [0.25, 0.3) is 0 Å². The van der Waals surface area contributed by atoms with Crippen molar-refractivity contribution in [1.82, 2.24) is 14.7 Å². The van der Waals surface area contributed by atoms with E-state index in [2.05, 4.69) is 4.90 Å². The Hall–Kier alpha value is -2.08. The number of methoxy groups -OCH3 is 1. The van der Waals surface area contributed by atoms with Crippen LogP contribution in [0.1, 0.15) is 43.0 Å². The average molecular weight is 388 g/mol. The van der Waals surface area contributed by atoms with Gasteiger partial charge in [-0.15, -0.1) is 0 Å². The number of likely N-dealkylation sites (N-methyl/N-ethyl adjacent to an activating group) is 1. The first-order valence-corrected chi connectivity index (χ1v) is 10.5. The van der Waals surface area contributed by atoms with E-state index in [9.17, 15) is 9.59 Å². The fourth-order valence-corrected chi connectivity index (χ4v) is 4.45. The molecule has 2 fully saturated rings. The van der Waals surface area contributed by atoms with Gasteiger partial charge in [0.05, 0.1) is 13.2 Å². The molecule has 0 bridgehead atoms. The summed E-state index contributed by atoms with van der Waals surface area (Å²) in [4.78, 5) is 32.0. The normalized spacial score (nSPS) is 19.5. The molecule has 1 aliphatic heterocycles. The van der Waals surface area contributed by atoms with Gasteiger partial charge in [0.1, 0.15) is 5.75 Å². The van der Waals surface area contributed by atoms with Crippen molar-refractivity contribution < 1.29 is 14.3 Å². The minimum absolute atomic E-state index is 0.0352. The summed E-state index contributed by atoms with van der Waals surface area (Å²) in [5.41, 5.74) is 0.655. The molecule has 0 N–H and O–H groups in total. The Labute approximate surface area is 168 Å². The van der Waals surface area contributed by atoms with Gasteiger partial charge in [-0.05, 0) is 43.9 Å². The van der Waals surface area contributed by atoms with Crippen LogP contribution < -0.4 is 4.74 Å². The minimum Gasteiger partial charge on any atom is -0.497 e. The van der Waals surface area contributed by atoms with Crippen molar-refractivity contribution in [2.24, 2.45) is 5.92 Å². The van der Waals surface area contributed by atoms with Gasteiger partial charge in [0, 0.05) is 45.3 Å². The summed E-state index contributed by atoms with van der Waals surface area (Å²) in [5, 5.41) is 0. The largest absolute Gasteiger partial charge is 0.497 e. The summed E-state index contributed by atoms with van der Waals surface area (Å²) >= 11 is 0. The maximum Gasteiger partial charge on any atom is 0.254 e. The van der Waals surface area contributed by atoms with Gasteiger partial charge in [0.25, 0.3) is 5.91 Å². The molecule has 1 saturated carbocycles. The lowest BCUT2D eigenvalue weighted by atomic mass is 9.94. The first kappa shape index (κ1) is 20.6. The number of piperazine rings is 1. The molecule has 1 heterocycles. The molecule has 1 aromatic rings. The Bertz CT molecular complexity index is 679. The summed E-state index contributed by atoms with van der Waals surface area (Å²) in [7, 11) is 3.50. The number of nitrogens with zero attached hydrogens (tertiary/aromatic N) is 3. The summed E-state index contributed by atoms with van der Waals surface area (Å²) in [6, 6.07) is 7.27. The van der Waals surface area contributed by atoms with E-state index < -0.39 is 0 Å². The zero-order valence-electron chi connectivity index (χ0n) is 17.4. The molecule has 6 heteroatoms. The van der Waals surface area contributed by atoms with E-state index in [1.807, 2.05) is 42.0 Å². The van der Waals surface area contributed by atoms with E-state index in [1.54, 1.807) is 13.2 Å². The molecule has 1 aromatic carbocycles. The molecule has 3 rings (SSSR count). The summed E-state index contributed by atoms with van der Waals surface area (Å²) in [6.45, 7) is 5.57. The zero-order valence-corrected chi connectivity index (χ0v) is 17.4. The number of hydrogen-bond acceptors (Lipinski definition) is 4. The topological polar surface area (TPSA) is 53.1 Å². The maximum atomic E-state index is 13.1. The SMILES string of the molecule is CCN(C)C(=O)[C@@H](C1CCCC1)N1CCN(C(=O)c2cccc(OC)c2)CC1. The standard InChI is InChI=1S/C22H33N3O3/c1-4-23(2)22(27)20(17-8-5-6-9-17)24-12-14-25(15-13-24)21(26)18-10-7-11-19(16-18)28-3/h7,10-11,16-17,20H,4-6,8-9,12-15H2,1-3H3/t20-/m1/s1. The average Bonchev–Trinajstić information content (AvgIpc) is 3.27. The molecular weight excluding hydrogens is 354 g/mol. The third-order valence-electron chi connectivity index (χ3n) is 6.26. The molecule has 0 radical (unpaired) electrons. The number of amides is 2. The molecule has 0 aromatic heterocycles. The Balaban J connectivity index is 1.66. The van der Waals surface area contributed by atoms with Crippen molar-refractivity contribution in [3.05, 3.63) is 29.8 Å². The second-order valence-corrected chi connectivity index (χ2v) is 7.90. The van der Waals surface area contributed by atoms with Gasteiger partial charge in [-0.1, -0.05) is 18.9 Å². The van der Waals surface area contributed by atoms with E-state index in [4.69, 9.17) is 4.74 Å². The zero-order chi connectivity index (χ0) is 20.1. The smallest absolute Gasteiger partial charge is 0.254 e. The third-order valence-corrected chi connectivity index (χ3v) is 6.26. The van der Waals surface area contributed by atoms with Gasteiger partial charge >= 0.3 is 0 Å². The summed E-state index contributed by atoms with van der Waals surface area (Å²) in [5.74, 6) is 1.41. The highest BCUT2D eigenvalue weighted by Gasteiger charge is 2.38. The first-order chi connectivity index (χ1) is 13.5. The molecule has 1 saturated heterocycles. The second-order valence-electron chi connectivity index (χ2n) is 7.90. The molecule has 2 amide bonds. The highest BCUT2D eigenvalue weighted by Crippen LogP contribution is 2.32. The van der Waals surface area contributed by atoms with Crippen molar-refractivity contribution in [3.8, 4) is 5.75 Å². The van der Waals surface area contributed by atoms with Crippen molar-refractivity contribution in [2.75, 3.05) is 46.9 Å². The predicted molar refractivity (Wildman–Crippen MR) is 110 cm³/mol. The van der Waals surface area contributed by atoms with Gasteiger partial charge in [-0.3, -0.25) is 14.5 Å². The lowest BCUT2D eigenvalue weighted by Crippen LogP contribution is -2.58. The van der Waals surface area contributed by atoms with Gasteiger partial charge in [0.2, 0.25) is 5.91 Å². The molecule has 154 valence electrons.